The van der Waals surface area contributed by atoms with Crippen molar-refractivity contribution in [2.75, 3.05) is 7.11 Å². The fourth-order valence-electron chi connectivity index (χ4n) is 1.72. The molecule has 0 amide bonds. The lowest BCUT2D eigenvalue weighted by Crippen LogP contribution is -2.14. The number of nitrogens with two attached hydrogens (primary N) is 1. The van der Waals surface area contributed by atoms with E-state index in [9.17, 15) is 0 Å². The lowest BCUT2D eigenvalue weighted by Gasteiger charge is -2.12. The highest BCUT2D eigenvalue weighted by molar-refractivity contribution is 5.99. The second-order valence-corrected chi connectivity index (χ2v) is 4.09. The number of ether oxygens (including phenoxy) is 2. The summed E-state index contributed by atoms with van der Waals surface area (Å²) in [4.78, 5) is 4.06. The van der Waals surface area contributed by atoms with Crippen LogP contribution in [0, 0.1) is 0 Å². The number of aromatic nitrogens is 1. The molecule has 1 aromatic carbocycles. The molecule has 4 N–H and O–H groups in total. The molecular formula is C14H15N3O4. The van der Waals surface area contributed by atoms with E-state index in [0.717, 1.165) is 0 Å². The van der Waals surface area contributed by atoms with E-state index in [1.165, 1.54) is 13.3 Å². The van der Waals surface area contributed by atoms with Crippen LogP contribution in [0.2, 0.25) is 0 Å². The maximum Gasteiger partial charge on any atom is 0.230 e. The zero-order chi connectivity index (χ0) is 15.2. The Morgan fingerprint density at radius 1 is 1.33 bits per heavy atom. The Hall–Kier alpha value is -2.80. The number of methoxy groups -OCH3 is 1. The molecule has 2 rings (SSSR count). The lowest BCUT2D eigenvalue weighted by atomic mass is 10.2. The lowest BCUT2D eigenvalue weighted by molar-refractivity contribution is 0.280. The van der Waals surface area contributed by atoms with Gasteiger partial charge >= 0.3 is 0 Å². The Morgan fingerprint density at radius 2 is 2.14 bits per heavy atom. The van der Waals surface area contributed by atoms with Gasteiger partial charge in [0.1, 0.15) is 0 Å². The Balaban J connectivity index is 2.39. The van der Waals surface area contributed by atoms with Crippen LogP contribution in [0.15, 0.2) is 41.7 Å². The second-order valence-electron chi connectivity index (χ2n) is 4.09. The molecular weight excluding hydrogens is 274 g/mol. The van der Waals surface area contributed by atoms with Crippen LogP contribution in [-0.2, 0) is 6.61 Å². The normalized spacial score (nSPS) is 11.2. The predicted molar refractivity (Wildman–Crippen MR) is 75.7 cm³/mol. The molecule has 110 valence electrons. The summed E-state index contributed by atoms with van der Waals surface area (Å²) >= 11 is 0. The van der Waals surface area contributed by atoms with Crippen molar-refractivity contribution in [2.24, 2.45) is 10.9 Å². The smallest absolute Gasteiger partial charge is 0.230 e. The predicted octanol–water partition coefficient (Wildman–Crippen LogP) is 1.47. The van der Waals surface area contributed by atoms with E-state index in [1.54, 1.807) is 30.3 Å². The number of benzene rings is 1. The highest BCUT2D eigenvalue weighted by atomic mass is 16.5. The van der Waals surface area contributed by atoms with Crippen LogP contribution < -0.4 is 15.2 Å². The molecule has 7 nitrogen and oxygen atoms in total. The number of amidine groups is 1. The van der Waals surface area contributed by atoms with Gasteiger partial charge in [-0.25, -0.2) is 4.98 Å². The number of hydrogen-bond donors (Lipinski definition) is 3. The van der Waals surface area contributed by atoms with E-state index >= 15 is 0 Å². The minimum atomic E-state index is -0.107. The minimum absolute atomic E-state index is 0.102. The summed E-state index contributed by atoms with van der Waals surface area (Å²) in [6.07, 6.45) is 1.53. The molecule has 0 unspecified atom stereocenters. The molecule has 0 saturated carbocycles. The van der Waals surface area contributed by atoms with Crippen molar-refractivity contribution < 1.29 is 19.8 Å². The number of aliphatic hydroxyl groups excluding tert-OH is 1. The zero-order valence-corrected chi connectivity index (χ0v) is 11.4. The molecule has 0 aliphatic carbocycles. The van der Waals surface area contributed by atoms with Crippen LogP contribution >= 0.6 is 0 Å². The van der Waals surface area contributed by atoms with Gasteiger partial charge in [-0.05, 0) is 29.8 Å². The van der Waals surface area contributed by atoms with Crippen molar-refractivity contribution >= 4 is 5.84 Å². The van der Waals surface area contributed by atoms with E-state index in [2.05, 4.69) is 10.1 Å². The van der Waals surface area contributed by atoms with Gasteiger partial charge in [0.25, 0.3) is 0 Å². The molecule has 0 aliphatic heterocycles. The Labute approximate surface area is 121 Å². The van der Waals surface area contributed by atoms with E-state index in [-0.39, 0.29) is 18.3 Å². The third-order valence-electron chi connectivity index (χ3n) is 2.77. The molecule has 0 spiro atoms. The van der Waals surface area contributed by atoms with Crippen molar-refractivity contribution in [3.8, 4) is 17.4 Å². The van der Waals surface area contributed by atoms with E-state index in [1.807, 2.05) is 0 Å². The third-order valence-corrected chi connectivity index (χ3v) is 2.77. The van der Waals surface area contributed by atoms with Crippen molar-refractivity contribution in [2.45, 2.75) is 6.61 Å². The summed E-state index contributed by atoms with van der Waals surface area (Å²) in [7, 11) is 1.49. The van der Waals surface area contributed by atoms with Crippen molar-refractivity contribution in [3.05, 3.63) is 47.7 Å². The third kappa shape index (κ3) is 3.21. The maximum atomic E-state index is 9.12. The number of rotatable bonds is 5. The number of oxime groups is 1. The summed E-state index contributed by atoms with van der Waals surface area (Å²) in [6.45, 7) is -0.102. The van der Waals surface area contributed by atoms with Gasteiger partial charge < -0.3 is 25.5 Å². The number of aliphatic hydroxyl groups is 1. The second kappa shape index (κ2) is 6.58. The molecule has 1 aromatic heterocycles. The quantitative estimate of drug-likeness (QED) is 0.333. The van der Waals surface area contributed by atoms with Gasteiger partial charge in [-0.2, -0.15) is 0 Å². The summed E-state index contributed by atoms with van der Waals surface area (Å²) < 4.78 is 10.9. The fourth-order valence-corrected chi connectivity index (χ4v) is 1.72. The Morgan fingerprint density at radius 3 is 2.81 bits per heavy atom. The summed E-state index contributed by atoms with van der Waals surface area (Å²) in [5, 5.41) is 20.8. The monoisotopic (exact) mass is 289 g/mol. The minimum Gasteiger partial charge on any atom is -0.493 e. The molecule has 21 heavy (non-hydrogen) atoms. The van der Waals surface area contributed by atoms with E-state index in [0.29, 0.717) is 22.6 Å². The van der Waals surface area contributed by atoms with Gasteiger partial charge in [0, 0.05) is 6.20 Å². The van der Waals surface area contributed by atoms with Crippen LogP contribution in [0.25, 0.3) is 0 Å². The van der Waals surface area contributed by atoms with Gasteiger partial charge in [0.15, 0.2) is 17.3 Å². The molecule has 1 heterocycles. The fraction of sp³-hybridized carbons (Fsp3) is 0.143. The topological polar surface area (TPSA) is 110 Å². The van der Waals surface area contributed by atoms with Crippen LogP contribution in [0.4, 0.5) is 0 Å². The van der Waals surface area contributed by atoms with Crippen LogP contribution in [0.3, 0.4) is 0 Å². The average molecular weight is 289 g/mol. The van der Waals surface area contributed by atoms with Crippen molar-refractivity contribution in [3.63, 3.8) is 0 Å². The molecule has 0 saturated heterocycles. The van der Waals surface area contributed by atoms with Gasteiger partial charge in [0.05, 0.1) is 19.3 Å². The SMILES string of the molecule is COc1cc(CO)ccc1Oc1ncccc1/C(N)=N/O. The zero-order valence-electron chi connectivity index (χ0n) is 11.4. The van der Waals surface area contributed by atoms with Gasteiger partial charge in [-0.3, -0.25) is 0 Å². The Bertz CT molecular complexity index is 658. The summed E-state index contributed by atoms with van der Waals surface area (Å²) in [5.41, 5.74) is 6.63. The highest BCUT2D eigenvalue weighted by Gasteiger charge is 2.13. The first-order chi connectivity index (χ1) is 10.2. The number of pyridine rings is 1. The molecule has 0 aliphatic rings. The standard InChI is InChI=1S/C14H15N3O4/c1-20-12-7-9(8-18)4-5-11(12)21-14-10(13(15)17-19)3-2-6-16-14/h2-7,18-19H,8H2,1H3,(H2,15,17). The summed E-state index contributed by atoms with van der Waals surface area (Å²) in [6, 6.07) is 8.26. The molecule has 7 heteroatoms. The first-order valence-electron chi connectivity index (χ1n) is 6.08. The van der Waals surface area contributed by atoms with Gasteiger partial charge in [0.2, 0.25) is 5.88 Å². The Kier molecular flexibility index (Phi) is 4.57. The van der Waals surface area contributed by atoms with Crippen molar-refractivity contribution in [1.82, 2.24) is 4.98 Å². The highest BCUT2D eigenvalue weighted by Crippen LogP contribution is 2.32. The molecule has 0 atom stereocenters. The number of nitrogens with zero attached hydrogens (tertiary/aromatic N) is 2. The number of hydrogen-bond acceptors (Lipinski definition) is 6. The largest absolute Gasteiger partial charge is 0.493 e. The maximum absolute atomic E-state index is 9.12. The van der Waals surface area contributed by atoms with Crippen LogP contribution in [0.1, 0.15) is 11.1 Å². The first-order valence-corrected chi connectivity index (χ1v) is 6.08. The van der Waals surface area contributed by atoms with Crippen LogP contribution in [-0.4, -0.2) is 28.2 Å². The molecule has 0 fully saturated rings. The van der Waals surface area contributed by atoms with Gasteiger partial charge in [-0.1, -0.05) is 11.2 Å². The van der Waals surface area contributed by atoms with E-state index in [4.69, 9.17) is 25.5 Å². The molecule has 0 bridgehead atoms. The first kappa shape index (κ1) is 14.6. The summed E-state index contributed by atoms with van der Waals surface area (Å²) in [5.74, 6) is 0.921. The molecule has 0 radical (unpaired) electrons. The van der Waals surface area contributed by atoms with Gasteiger partial charge in [-0.15, -0.1) is 0 Å². The van der Waals surface area contributed by atoms with Crippen LogP contribution in [0.5, 0.6) is 17.4 Å². The average Bonchev–Trinajstić information content (AvgIpc) is 2.55. The van der Waals surface area contributed by atoms with Crippen molar-refractivity contribution in [1.29, 1.82) is 0 Å². The molecule has 2 aromatic rings. The van der Waals surface area contributed by atoms with E-state index < -0.39 is 0 Å².